The zero-order valence-corrected chi connectivity index (χ0v) is 16.8. The second kappa shape index (κ2) is 9.56. The summed E-state index contributed by atoms with van der Waals surface area (Å²) in [6.45, 7) is 5.50. The van der Waals surface area contributed by atoms with E-state index in [0.29, 0.717) is 12.0 Å². The fourth-order valence-electron chi connectivity index (χ4n) is 3.23. The number of nitrogens with two attached hydrogens (primary N) is 1. The molecule has 0 bridgehead atoms. The Morgan fingerprint density at radius 1 is 1.14 bits per heavy atom. The van der Waals surface area contributed by atoms with Crippen LogP contribution in [0.15, 0.2) is 24.3 Å². The maximum absolute atomic E-state index is 12.4. The topological polar surface area (TPSA) is 117 Å². The van der Waals surface area contributed by atoms with Crippen molar-refractivity contribution in [2.45, 2.75) is 76.6 Å². The minimum absolute atomic E-state index is 0.0651. The number of amides is 2. The standard InChI is InChI=1S/C21H30N4O3/c1-21(2,3)28-20(27)25-17-10-8-16(9-11-17)24-19(26)18(23)12-14-4-6-15(13-22)7-5-14/h4-7,16-18H,8-12,23H2,1-3H3,(H,24,26)(H,25,27). The second-order valence-corrected chi connectivity index (χ2v) is 8.32. The summed E-state index contributed by atoms with van der Waals surface area (Å²) in [5, 5.41) is 14.7. The number of ether oxygens (including phenoxy) is 1. The van der Waals surface area contributed by atoms with Crippen LogP contribution in [0.1, 0.15) is 57.6 Å². The monoisotopic (exact) mass is 386 g/mol. The highest BCUT2D eigenvalue weighted by Gasteiger charge is 2.26. The first kappa shape index (κ1) is 21.7. The first-order valence-electron chi connectivity index (χ1n) is 9.71. The second-order valence-electron chi connectivity index (χ2n) is 8.32. The molecule has 1 aromatic rings. The van der Waals surface area contributed by atoms with Crippen LogP contribution < -0.4 is 16.4 Å². The molecule has 152 valence electrons. The van der Waals surface area contributed by atoms with Crippen molar-refractivity contribution in [2.24, 2.45) is 5.73 Å². The summed E-state index contributed by atoms with van der Waals surface area (Å²) in [5.41, 5.74) is 7.03. The van der Waals surface area contributed by atoms with E-state index in [0.717, 1.165) is 31.2 Å². The van der Waals surface area contributed by atoms with Crippen molar-refractivity contribution < 1.29 is 14.3 Å². The number of carbonyl (C=O) groups is 2. The summed E-state index contributed by atoms with van der Waals surface area (Å²) >= 11 is 0. The molecule has 0 spiro atoms. The van der Waals surface area contributed by atoms with E-state index < -0.39 is 17.7 Å². The van der Waals surface area contributed by atoms with Gasteiger partial charge in [0.25, 0.3) is 0 Å². The van der Waals surface area contributed by atoms with Crippen molar-refractivity contribution in [1.29, 1.82) is 5.26 Å². The Labute approximate surface area is 166 Å². The van der Waals surface area contributed by atoms with E-state index in [1.807, 2.05) is 32.9 Å². The highest BCUT2D eigenvalue weighted by molar-refractivity contribution is 5.82. The average molecular weight is 386 g/mol. The summed E-state index contributed by atoms with van der Waals surface area (Å²) < 4.78 is 5.28. The normalized spacial score (nSPS) is 20.5. The number of nitrogens with zero attached hydrogens (tertiary/aromatic N) is 1. The van der Waals surface area contributed by atoms with Crippen LogP contribution in [-0.4, -0.2) is 35.7 Å². The molecule has 0 radical (unpaired) electrons. The van der Waals surface area contributed by atoms with Gasteiger partial charge in [0.2, 0.25) is 5.91 Å². The van der Waals surface area contributed by atoms with Gasteiger partial charge in [-0.15, -0.1) is 0 Å². The van der Waals surface area contributed by atoms with E-state index in [4.69, 9.17) is 15.7 Å². The van der Waals surface area contributed by atoms with Crippen LogP contribution in [0.25, 0.3) is 0 Å². The molecule has 1 fully saturated rings. The lowest BCUT2D eigenvalue weighted by molar-refractivity contribution is -0.123. The van der Waals surface area contributed by atoms with Gasteiger partial charge in [-0.1, -0.05) is 12.1 Å². The molecule has 2 rings (SSSR count). The Balaban J connectivity index is 1.73. The van der Waals surface area contributed by atoms with Gasteiger partial charge >= 0.3 is 6.09 Å². The molecule has 1 aliphatic rings. The van der Waals surface area contributed by atoms with Crippen molar-refractivity contribution in [2.75, 3.05) is 0 Å². The minimum atomic E-state index is -0.634. The summed E-state index contributed by atoms with van der Waals surface area (Å²) in [7, 11) is 0. The van der Waals surface area contributed by atoms with Crippen LogP contribution in [0.2, 0.25) is 0 Å². The molecule has 1 unspecified atom stereocenters. The number of alkyl carbamates (subject to hydrolysis) is 1. The van der Waals surface area contributed by atoms with Gasteiger partial charge in [-0.2, -0.15) is 5.26 Å². The predicted molar refractivity (Wildman–Crippen MR) is 106 cm³/mol. The molecule has 28 heavy (non-hydrogen) atoms. The Bertz CT molecular complexity index is 711. The molecule has 1 aliphatic carbocycles. The van der Waals surface area contributed by atoms with E-state index in [9.17, 15) is 9.59 Å². The number of hydrogen-bond acceptors (Lipinski definition) is 5. The third kappa shape index (κ3) is 7.20. The molecular weight excluding hydrogens is 356 g/mol. The van der Waals surface area contributed by atoms with E-state index >= 15 is 0 Å². The van der Waals surface area contributed by atoms with Gasteiger partial charge in [0.1, 0.15) is 5.60 Å². The molecule has 7 heteroatoms. The van der Waals surface area contributed by atoms with E-state index in [1.165, 1.54) is 0 Å². The van der Waals surface area contributed by atoms with Crippen LogP contribution in [0.5, 0.6) is 0 Å². The minimum Gasteiger partial charge on any atom is -0.444 e. The summed E-state index contributed by atoms with van der Waals surface area (Å²) in [6, 6.07) is 8.64. The highest BCUT2D eigenvalue weighted by atomic mass is 16.6. The van der Waals surface area contributed by atoms with Crippen LogP contribution >= 0.6 is 0 Å². The van der Waals surface area contributed by atoms with E-state index in [2.05, 4.69) is 16.7 Å². The highest BCUT2D eigenvalue weighted by Crippen LogP contribution is 2.19. The zero-order chi connectivity index (χ0) is 20.7. The molecule has 1 saturated carbocycles. The molecule has 1 atom stereocenters. The Morgan fingerprint density at radius 3 is 2.18 bits per heavy atom. The lowest BCUT2D eigenvalue weighted by Gasteiger charge is -2.31. The number of rotatable bonds is 5. The van der Waals surface area contributed by atoms with Crippen molar-refractivity contribution >= 4 is 12.0 Å². The summed E-state index contributed by atoms with van der Waals surface area (Å²) in [6.07, 6.45) is 3.17. The van der Waals surface area contributed by atoms with Gasteiger partial charge in [-0.3, -0.25) is 4.79 Å². The molecule has 0 aromatic heterocycles. The lowest BCUT2D eigenvalue weighted by Crippen LogP contribution is -2.49. The van der Waals surface area contributed by atoms with Gasteiger partial charge < -0.3 is 21.1 Å². The fourth-order valence-corrected chi connectivity index (χ4v) is 3.23. The smallest absolute Gasteiger partial charge is 0.407 e. The Morgan fingerprint density at radius 2 is 1.68 bits per heavy atom. The summed E-state index contributed by atoms with van der Waals surface area (Å²) in [5.74, 6) is -0.173. The van der Waals surface area contributed by atoms with Crippen molar-refractivity contribution in [3.63, 3.8) is 0 Å². The lowest BCUT2D eigenvalue weighted by atomic mass is 9.91. The fraction of sp³-hybridized carbons (Fsp3) is 0.571. The quantitative estimate of drug-likeness (QED) is 0.718. The first-order chi connectivity index (χ1) is 13.2. The van der Waals surface area contributed by atoms with Crippen LogP contribution in [0, 0.1) is 11.3 Å². The van der Waals surface area contributed by atoms with E-state index in [1.54, 1.807) is 12.1 Å². The first-order valence-corrected chi connectivity index (χ1v) is 9.71. The van der Waals surface area contributed by atoms with Crippen LogP contribution in [0.4, 0.5) is 4.79 Å². The molecular formula is C21H30N4O3. The maximum Gasteiger partial charge on any atom is 0.407 e. The van der Waals surface area contributed by atoms with Crippen molar-refractivity contribution in [1.82, 2.24) is 10.6 Å². The summed E-state index contributed by atoms with van der Waals surface area (Å²) in [4.78, 5) is 24.2. The van der Waals surface area contributed by atoms with Gasteiger partial charge in [0.15, 0.2) is 0 Å². The van der Waals surface area contributed by atoms with Crippen molar-refractivity contribution in [3.05, 3.63) is 35.4 Å². The van der Waals surface area contributed by atoms with Crippen molar-refractivity contribution in [3.8, 4) is 6.07 Å². The predicted octanol–water partition coefficient (Wildman–Crippen LogP) is 2.38. The maximum atomic E-state index is 12.4. The van der Waals surface area contributed by atoms with Gasteiger partial charge in [0.05, 0.1) is 17.7 Å². The molecule has 7 nitrogen and oxygen atoms in total. The molecule has 1 aromatic carbocycles. The number of hydrogen-bond donors (Lipinski definition) is 3. The van der Waals surface area contributed by atoms with E-state index in [-0.39, 0.29) is 18.0 Å². The number of nitrogens with one attached hydrogen (secondary N) is 2. The van der Waals surface area contributed by atoms with Gasteiger partial charge in [-0.05, 0) is 70.6 Å². The Kier molecular flexibility index (Phi) is 7.41. The number of carbonyl (C=O) groups excluding carboxylic acids is 2. The van der Waals surface area contributed by atoms with Crippen LogP contribution in [0.3, 0.4) is 0 Å². The molecule has 4 N–H and O–H groups in total. The van der Waals surface area contributed by atoms with Crippen LogP contribution in [-0.2, 0) is 16.0 Å². The van der Waals surface area contributed by atoms with Gasteiger partial charge in [0, 0.05) is 12.1 Å². The molecule has 0 saturated heterocycles. The van der Waals surface area contributed by atoms with Gasteiger partial charge in [-0.25, -0.2) is 4.79 Å². The third-order valence-corrected chi connectivity index (χ3v) is 4.67. The number of nitriles is 1. The average Bonchev–Trinajstić information content (AvgIpc) is 2.62. The molecule has 2 amide bonds. The molecule has 0 heterocycles. The SMILES string of the molecule is CC(C)(C)OC(=O)NC1CCC(NC(=O)C(N)Cc2ccc(C#N)cc2)CC1. The zero-order valence-electron chi connectivity index (χ0n) is 16.8. The Hall–Kier alpha value is -2.59. The third-order valence-electron chi connectivity index (χ3n) is 4.67. The number of benzene rings is 1. The molecule has 0 aliphatic heterocycles. The largest absolute Gasteiger partial charge is 0.444 e.